The molecule has 5 rings (SSSR count). The van der Waals surface area contributed by atoms with Crippen molar-refractivity contribution >= 4 is 46.9 Å². The Morgan fingerprint density at radius 1 is 0.660 bits per heavy atom. The predicted octanol–water partition coefficient (Wildman–Crippen LogP) is 7.59. The van der Waals surface area contributed by atoms with Crippen LogP contribution in [0.4, 0.5) is 11.4 Å². The summed E-state index contributed by atoms with van der Waals surface area (Å²) in [5.41, 5.74) is 3.14. The highest BCUT2D eigenvalue weighted by molar-refractivity contribution is 8.00. The highest BCUT2D eigenvalue weighted by Crippen LogP contribution is 2.37. The van der Waals surface area contributed by atoms with Gasteiger partial charge in [-0.2, -0.15) is 0 Å². The minimum Gasteiger partial charge on any atom is -0.497 e. The van der Waals surface area contributed by atoms with E-state index in [1.54, 1.807) is 111 Å². The van der Waals surface area contributed by atoms with Gasteiger partial charge >= 0.3 is 0 Å². The molecule has 0 aliphatic rings. The predicted molar refractivity (Wildman–Crippen MR) is 187 cm³/mol. The van der Waals surface area contributed by atoms with E-state index >= 15 is 0 Å². The quantitative estimate of drug-likeness (QED) is 0.0956. The number of rotatable bonds is 12. The van der Waals surface area contributed by atoms with Crippen LogP contribution >= 0.6 is 11.8 Å². The van der Waals surface area contributed by atoms with Gasteiger partial charge in [-0.15, -0.1) is 11.8 Å². The molecule has 0 aromatic heterocycles. The van der Waals surface area contributed by atoms with Crippen LogP contribution in [0.1, 0.15) is 26.7 Å². The number of carbonyl (C=O) groups excluding carboxylic acids is 3. The number of hydrogen-bond donors (Lipinski definition) is 3. The lowest BCUT2D eigenvalue weighted by Crippen LogP contribution is -2.30. The Morgan fingerprint density at radius 2 is 1.28 bits per heavy atom. The first kappa shape index (κ1) is 32.6. The van der Waals surface area contributed by atoms with Crippen molar-refractivity contribution in [3.8, 4) is 11.5 Å². The van der Waals surface area contributed by atoms with Gasteiger partial charge in [-0.3, -0.25) is 14.4 Å². The molecule has 0 saturated carbocycles. The van der Waals surface area contributed by atoms with Gasteiger partial charge in [-0.1, -0.05) is 66.7 Å². The van der Waals surface area contributed by atoms with Crippen LogP contribution < -0.4 is 25.4 Å². The zero-order valence-corrected chi connectivity index (χ0v) is 26.6. The minimum atomic E-state index is -0.583. The number of carbonyl (C=O) groups is 3. The lowest BCUT2D eigenvalue weighted by Gasteiger charge is -2.18. The zero-order chi connectivity index (χ0) is 33.0. The van der Waals surface area contributed by atoms with Crippen molar-refractivity contribution in [2.75, 3.05) is 24.9 Å². The Labute approximate surface area is 277 Å². The lowest BCUT2D eigenvalue weighted by molar-refractivity contribution is -0.116. The Bertz CT molecular complexity index is 1840. The second-order valence-electron chi connectivity index (χ2n) is 10.3. The molecule has 0 aliphatic heterocycles. The molecule has 0 fully saturated rings. The maximum atomic E-state index is 13.6. The number of anilines is 2. The van der Waals surface area contributed by atoms with E-state index in [1.807, 2.05) is 42.5 Å². The number of amides is 3. The summed E-state index contributed by atoms with van der Waals surface area (Å²) in [6.07, 6.45) is 1.60. The van der Waals surface area contributed by atoms with E-state index in [0.29, 0.717) is 34.0 Å². The molecule has 236 valence electrons. The van der Waals surface area contributed by atoms with Crippen molar-refractivity contribution < 1.29 is 23.9 Å². The molecule has 0 saturated heterocycles. The first-order valence-corrected chi connectivity index (χ1v) is 15.6. The van der Waals surface area contributed by atoms with E-state index in [2.05, 4.69) is 16.0 Å². The minimum absolute atomic E-state index is 0.0584. The highest BCUT2D eigenvalue weighted by atomic mass is 32.2. The van der Waals surface area contributed by atoms with Gasteiger partial charge in [0.05, 0.1) is 14.2 Å². The molecule has 8 nitrogen and oxygen atoms in total. The lowest BCUT2D eigenvalue weighted by atomic mass is 10.1. The molecule has 5 aromatic rings. The number of nitrogens with one attached hydrogen (secondary N) is 3. The van der Waals surface area contributed by atoms with Crippen LogP contribution in [0.3, 0.4) is 0 Å². The first-order valence-electron chi connectivity index (χ1n) is 14.7. The van der Waals surface area contributed by atoms with Crippen molar-refractivity contribution in [3.63, 3.8) is 0 Å². The van der Waals surface area contributed by atoms with Crippen LogP contribution in [0, 0.1) is 0 Å². The summed E-state index contributed by atoms with van der Waals surface area (Å²) in [6.45, 7) is 0. The third-order valence-electron chi connectivity index (χ3n) is 7.00. The molecule has 5 aromatic carbocycles. The van der Waals surface area contributed by atoms with Crippen LogP contribution in [-0.4, -0.2) is 31.9 Å². The molecule has 3 N–H and O–H groups in total. The second-order valence-corrected chi connectivity index (χ2v) is 11.4. The van der Waals surface area contributed by atoms with Crippen LogP contribution in [-0.2, 0) is 9.59 Å². The fourth-order valence-electron chi connectivity index (χ4n) is 4.57. The van der Waals surface area contributed by atoms with E-state index in [0.717, 1.165) is 10.5 Å². The largest absolute Gasteiger partial charge is 0.497 e. The number of methoxy groups -OCH3 is 2. The van der Waals surface area contributed by atoms with E-state index < -0.39 is 17.1 Å². The third-order valence-corrected chi connectivity index (χ3v) is 8.25. The number of benzene rings is 5. The fourth-order valence-corrected chi connectivity index (χ4v) is 5.66. The average molecular weight is 644 g/mol. The second kappa shape index (κ2) is 16.0. The van der Waals surface area contributed by atoms with Crippen LogP contribution in [0.15, 0.2) is 144 Å². The Kier molecular flexibility index (Phi) is 11.1. The van der Waals surface area contributed by atoms with Crippen molar-refractivity contribution in [2.45, 2.75) is 10.1 Å². The van der Waals surface area contributed by atoms with Gasteiger partial charge < -0.3 is 25.4 Å². The van der Waals surface area contributed by atoms with Crippen molar-refractivity contribution in [3.05, 3.63) is 156 Å². The summed E-state index contributed by atoms with van der Waals surface area (Å²) < 4.78 is 10.5. The van der Waals surface area contributed by atoms with Crippen molar-refractivity contribution in [1.29, 1.82) is 0 Å². The third kappa shape index (κ3) is 9.12. The molecule has 0 bridgehead atoms. The normalized spacial score (nSPS) is 11.6. The summed E-state index contributed by atoms with van der Waals surface area (Å²) in [6, 6.07) is 39.6. The fraction of sp³-hybridized carbons (Fsp3) is 0.0789. The Balaban J connectivity index is 1.36. The number of thioether (sulfide) groups is 1. The molecule has 9 heteroatoms. The Hall–Kier alpha value is -5.80. The van der Waals surface area contributed by atoms with Gasteiger partial charge in [0.25, 0.3) is 11.8 Å². The summed E-state index contributed by atoms with van der Waals surface area (Å²) in [7, 11) is 3.16. The van der Waals surface area contributed by atoms with Gasteiger partial charge in [-0.05, 0) is 83.9 Å². The van der Waals surface area contributed by atoms with E-state index in [1.165, 1.54) is 11.8 Å². The topological polar surface area (TPSA) is 106 Å². The molecule has 0 spiro atoms. The molecule has 0 radical (unpaired) electrons. The average Bonchev–Trinajstić information content (AvgIpc) is 3.11. The van der Waals surface area contributed by atoms with Gasteiger partial charge in [-0.25, -0.2) is 0 Å². The number of ether oxygens (including phenoxy) is 2. The van der Waals surface area contributed by atoms with Gasteiger partial charge in [0.2, 0.25) is 5.91 Å². The zero-order valence-electron chi connectivity index (χ0n) is 25.8. The maximum absolute atomic E-state index is 13.6. The summed E-state index contributed by atoms with van der Waals surface area (Å²) in [5, 5.41) is 8.07. The smallest absolute Gasteiger partial charge is 0.272 e. The van der Waals surface area contributed by atoms with Crippen LogP contribution in [0.25, 0.3) is 6.08 Å². The molecular formula is C38H33N3O5S. The summed E-state index contributed by atoms with van der Waals surface area (Å²) >= 11 is 1.36. The maximum Gasteiger partial charge on any atom is 0.272 e. The van der Waals surface area contributed by atoms with Gasteiger partial charge in [0, 0.05) is 21.8 Å². The number of hydrogen-bond acceptors (Lipinski definition) is 6. The van der Waals surface area contributed by atoms with E-state index in [-0.39, 0.29) is 11.6 Å². The molecular weight excluding hydrogens is 611 g/mol. The monoisotopic (exact) mass is 643 g/mol. The molecule has 1 atom stereocenters. The van der Waals surface area contributed by atoms with E-state index in [9.17, 15) is 14.4 Å². The van der Waals surface area contributed by atoms with Gasteiger partial charge in [0.1, 0.15) is 22.4 Å². The molecule has 1 unspecified atom stereocenters. The molecule has 47 heavy (non-hydrogen) atoms. The molecule has 0 aliphatic carbocycles. The summed E-state index contributed by atoms with van der Waals surface area (Å²) in [4.78, 5) is 41.0. The summed E-state index contributed by atoms with van der Waals surface area (Å²) in [5.74, 6) is 0.233. The van der Waals surface area contributed by atoms with Crippen molar-refractivity contribution in [1.82, 2.24) is 5.32 Å². The molecule has 0 heterocycles. The highest BCUT2D eigenvalue weighted by Gasteiger charge is 2.23. The SMILES string of the molecule is COc1ccc(/C=C(/NC(=O)c2ccccc2)C(=O)Nc2cccc(SC(C(=O)Nc3ccc(OC)cc3)c3ccccc3)c2)cc1. The first-order chi connectivity index (χ1) is 22.9. The van der Waals surface area contributed by atoms with Crippen LogP contribution in [0.2, 0.25) is 0 Å². The van der Waals surface area contributed by atoms with Crippen molar-refractivity contribution in [2.24, 2.45) is 0 Å². The van der Waals surface area contributed by atoms with Gasteiger partial charge in [0.15, 0.2) is 0 Å². The van der Waals surface area contributed by atoms with Crippen LogP contribution in [0.5, 0.6) is 11.5 Å². The van der Waals surface area contributed by atoms with E-state index in [4.69, 9.17) is 9.47 Å². The standard InChI is InChI=1S/C38H33N3O5S/c1-45-31-20-16-26(17-21-31)24-34(41-36(42)28-12-7-4-8-13-28)37(43)40-30-14-9-15-33(25-30)47-35(27-10-5-3-6-11-27)38(44)39-29-18-22-32(46-2)23-19-29/h3-25,35H,1-2H3,(H,39,44)(H,40,43)(H,41,42)/b34-24+. The Morgan fingerprint density at radius 3 is 1.91 bits per heavy atom. The molecule has 3 amide bonds.